The third kappa shape index (κ3) is 8.18. The van der Waals surface area contributed by atoms with Crippen LogP contribution in [0.2, 0.25) is 0 Å². The van der Waals surface area contributed by atoms with Crippen molar-refractivity contribution in [3.63, 3.8) is 0 Å². The predicted molar refractivity (Wildman–Crippen MR) is 102 cm³/mol. The number of hydrogen-bond donors (Lipinski definition) is 1. The maximum atomic E-state index is 13.8. The molecule has 0 saturated heterocycles. The van der Waals surface area contributed by atoms with Crippen LogP contribution in [0.3, 0.4) is 0 Å². The van der Waals surface area contributed by atoms with Crippen LogP contribution >= 0.6 is 27.7 Å². The van der Waals surface area contributed by atoms with Gasteiger partial charge in [-0.05, 0) is 49.2 Å². The zero-order chi connectivity index (χ0) is 19.2. The van der Waals surface area contributed by atoms with Gasteiger partial charge in [0.1, 0.15) is 17.2 Å². The van der Waals surface area contributed by atoms with Crippen molar-refractivity contribution in [2.24, 2.45) is 4.99 Å². The predicted octanol–water partition coefficient (Wildman–Crippen LogP) is 5.64. The van der Waals surface area contributed by atoms with Gasteiger partial charge >= 0.3 is 6.09 Å². The van der Waals surface area contributed by atoms with Crippen molar-refractivity contribution in [3.05, 3.63) is 33.8 Å². The van der Waals surface area contributed by atoms with Crippen LogP contribution in [-0.4, -0.2) is 22.1 Å². The molecule has 1 atom stereocenters. The number of nitrogens with zero attached hydrogens (tertiary/aromatic N) is 1. The number of nitrogens with one attached hydrogen (secondary N) is 1. The van der Waals surface area contributed by atoms with Gasteiger partial charge < -0.3 is 4.74 Å². The van der Waals surface area contributed by atoms with Crippen molar-refractivity contribution in [1.29, 1.82) is 0 Å². The van der Waals surface area contributed by atoms with Crippen LogP contribution < -0.4 is 5.32 Å². The number of carbonyl (C=O) groups excluding carboxylic acids is 1. The lowest BCUT2D eigenvalue weighted by atomic mass is 10.2. The minimum Gasteiger partial charge on any atom is -0.444 e. The van der Waals surface area contributed by atoms with Crippen molar-refractivity contribution in [2.45, 2.75) is 58.4 Å². The number of rotatable bonds is 4. The Labute approximate surface area is 159 Å². The second-order valence-electron chi connectivity index (χ2n) is 6.44. The Morgan fingerprint density at radius 1 is 1.36 bits per heavy atom. The molecule has 1 amide bonds. The lowest BCUT2D eigenvalue weighted by Gasteiger charge is -2.20. The monoisotopic (exact) mass is 436 g/mol. The number of alkyl carbamates (subject to hydrolysis) is 1. The van der Waals surface area contributed by atoms with E-state index in [0.717, 1.165) is 12.5 Å². The second-order valence-corrected chi connectivity index (χ2v) is 8.72. The number of halogens is 3. The Kier molecular flexibility index (Phi) is 8.34. The van der Waals surface area contributed by atoms with Crippen molar-refractivity contribution >= 4 is 39.0 Å². The van der Waals surface area contributed by atoms with Crippen LogP contribution in [0, 0.1) is 11.6 Å². The van der Waals surface area contributed by atoms with Crippen LogP contribution in [-0.2, 0) is 11.3 Å². The van der Waals surface area contributed by atoms with E-state index in [0.29, 0.717) is 5.17 Å². The van der Waals surface area contributed by atoms with E-state index in [1.807, 2.05) is 13.8 Å². The maximum Gasteiger partial charge on any atom is 0.413 e. The SMILES string of the molecule is CC[C@@H](C)SC(=NCc1cc(Br)c(F)cc1F)NC(=O)OC(C)(C)C. The van der Waals surface area contributed by atoms with Gasteiger partial charge in [0, 0.05) is 16.9 Å². The summed E-state index contributed by atoms with van der Waals surface area (Å²) in [5.41, 5.74) is -0.411. The molecule has 0 aromatic heterocycles. The van der Waals surface area contributed by atoms with Gasteiger partial charge in [0.2, 0.25) is 0 Å². The first-order chi connectivity index (χ1) is 11.5. The van der Waals surface area contributed by atoms with Crippen LogP contribution in [0.4, 0.5) is 13.6 Å². The topological polar surface area (TPSA) is 50.7 Å². The first-order valence-electron chi connectivity index (χ1n) is 7.86. The average molecular weight is 437 g/mol. The number of amides is 1. The van der Waals surface area contributed by atoms with Crippen LogP contribution in [0.15, 0.2) is 21.6 Å². The normalized spacial score (nSPS) is 13.5. The molecule has 0 aliphatic rings. The summed E-state index contributed by atoms with van der Waals surface area (Å²) in [6.07, 6.45) is 0.249. The van der Waals surface area contributed by atoms with Crippen molar-refractivity contribution < 1.29 is 18.3 Å². The molecule has 0 fully saturated rings. The lowest BCUT2D eigenvalue weighted by molar-refractivity contribution is 0.0564. The number of aliphatic imine (C=N–C) groups is 1. The van der Waals surface area contributed by atoms with Crippen molar-refractivity contribution in [1.82, 2.24) is 5.32 Å². The number of ether oxygens (including phenoxy) is 1. The minimum absolute atomic E-state index is 0.0285. The van der Waals surface area contributed by atoms with Gasteiger partial charge in [0.15, 0.2) is 5.17 Å². The molecule has 0 bridgehead atoms. The molecule has 0 radical (unpaired) electrons. The summed E-state index contributed by atoms with van der Waals surface area (Å²) in [7, 11) is 0. The molecule has 0 heterocycles. The van der Waals surface area contributed by atoms with E-state index in [-0.39, 0.29) is 21.8 Å². The third-order valence-electron chi connectivity index (χ3n) is 2.98. The number of carbonyl (C=O) groups is 1. The van der Waals surface area contributed by atoms with E-state index in [4.69, 9.17) is 4.74 Å². The van der Waals surface area contributed by atoms with Crippen LogP contribution in [0.5, 0.6) is 0 Å². The van der Waals surface area contributed by atoms with E-state index in [2.05, 4.69) is 26.2 Å². The quantitative estimate of drug-likeness (QED) is 0.377. The molecule has 1 rings (SSSR count). The molecule has 1 aromatic rings. The summed E-state index contributed by atoms with van der Waals surface area (Å²) in [6, 6.07) is 2.14. The Morgan fingerprint density at radius 3 is 2.56 bits per heavy atom. The molecule has 4 nitrogen and oxygen atoms in total. The maximum absolute atomic E-state index is 13.8. The molecule has 0 spiro atoms. The third-order valence-corrected chi connectivity index (χ3v) is 4.78. The summed E-state index contributed by atoms with van der Waals surface area (Å²) >= 11 is 4.39. The lowest BCUT2D eigenvalue weighted by Crippen LogP contribution is -2.35. The van der Waals surface area contributed by atoms with Gasteiger partial charge in [-0.3, -0.25) is 10.3 Å². The molecule has 25 heavy (non-hydrogen) atoms. The summed E-state index contributed by atoms with van der Waals surface area (Å²) in [5.74, 6) is -1.36. The van der Waals surface area contributed by atoms with Crippen LogP contribution in [0.25, 0.3) is 0 Å². The second kappa shape index (κ2) is 9.52. The van der Waals surface area contributed by atoms with E-state index in [1.54, 1.807) is 20.8 Å². The highest BCUT2D eigenvalue weighted by Gasteiger charge is 2.18. The molecule has 1 aromatic carbocycles. The number of amidine groups is 1. The Hall–Kier alpha value is -1.15. The van der Waals surface area contributed by atoms with Gasteiger partial charge in [-0.15, -0.1) is 0 Å². The smallest absolute Gasteiger partial charge is 0.413 e. The number of hydrogen-bond acceptors (Lipinski definition) is 4. The van der Waals surface area contributed by atoms with E-state index in [9.17, 15) is 13.6 Å². The van der Waals surface area contributed by atoms with Crippen molar-refractivity contribution in [2.75, 3.05) is 0 Å². The first-order valence-corrected chi connectivity index (χ1v) is 9.53. The number of benzene rings is 1. The molecule has 1 N–H and O–H groups in total. The van der Waals surface area contributed by atoms with E-state index >= 15 is 0 Å². The molecule has 0 aliphatic carbocycles. The van der Waals surface area contributed by atoms with Gasteiger partial charge in [-0.1, -0.05) is 25.6 Å². The molecule has 0 unspecified atom stereocenters. The fourth-order valence-corrected chi connectivity index (χ4v) is 2.83. The molecule has 140 valence electrons. The largest absolute Gasteiger partial charge is 0.444 e. The van der Waals surface area contributed by atoms with E-state index in [1.165, 1.54) is 17.8 Å². The highest BCUT2D eigenvalue weighted by atomic mass is 79.9. The Morgan fingerprint density at radius 2 is 2.00 bits per heavy atom. The summed E-state index contributed by atoms with van der Waals surface area (Å²) in [5, 5.41) is 3.14. The molecule has 8 heteroatoms. The molecule has 0 aliphatic heterocycles. The molecule has 0 saturated carbocycles. The van der Waals surface area contributed by atoms with Crippen LogP contribution in [0.1, 0.15) is 46.6 Å². The fraction of sp³-hybridized carbons (Fsp3) is 0.529. The van der Waals surface area contributed by atoms with Crippen molar-refractivity contribution in [3.8, 4) is 0 Å². The Balaban J connectivity index is 2.93. The minimum atomic E-state index is -0.686. The summed E-state index contributed by atoms with van der Waals surface area (Å²) < 4.78 is 32.5. The zero-order valence-corrected chi connectivity index (χ0v) is 17.4. The highest BCUT2D eigenvalue weighted by molar-refractivity contribution is 9.10. The first kappa shape index (κ1) is 21.9. The summed E-state index contributed by atoms with van der Waals surface area (Å²) in [6.45, 7) is 9.26. The zero-order valence-electron chi connectivity index (χ0n) is 15.0. The number of thioether (sulfide) groups is 1. The van der Waals surface area contributed by atoms with Gasteiger partial charge in [0.05, 0.1) is 11.0 Å². The van der Waals surface area contributed by atoms with Gasteiger partial charge in [0.25, 0.3) is 0 Å². The molecular weight excluding hydrogens is 414 g/mol. The van der Waals surface area contributed by atoms with E-state index < -0.39 is 23.3 Å². The van der Waals surface area contributed by atoms with Gasteiger partial charge in [-0.25, -0.2) is 13.6 Å². The molecular formula is C17H23BrF2N2O2S. The highest BCUT2D eigenvalue weighted by Crippen LogP contribution is 2.22. The standard InChI is InChI=1S/C17H23BrF2N2O2S/c1-6-10(2)25-15(22-16(23)24-17(3,4)5)21-9-11-7-12(18)14(20)8-13(11)19/h7-8,10H,6,9H2,1-5H3,(H,21,22,23)/t10-/m1/s1. The summed E-state index contributed by atoms with van der Waals surface area (Å²) in [4.78, 5) is 16.2. The fourth-order valence-electron chi connectivity index (χ4n) is 1.61. The average Bonchev–Trinajstić information content (AvgIpc) is 2.47. The Bertz CT molecular complexity index is 648. The van der Waals surface area contributed by atoms with Gasteiger partial charge in [-0.2, -0.15) is 0 Å².